The third-order valence-electron chi connectivity index (χ3n) is 3.04. The average molecular weight is 316 g/mol. The summed E-state index contributed by atoms with van der Waals surface area (Å²) in [5, 5.41) is 3.57. The summed E-state index contributed by atoms with van der Waals surface area (Å²) in [7, 11) is 0. The molecule has 0 unspecified atom stereocenters. The molecule has 110 valence electrons. The Bertz CT molecular complexity index is 874. The molecule has 0 aliphatic carbocycles. The van der Waals surface area contributed by atoms with Gasteiger partial charge in [0.05, 0.1) is 5.56 Å². The van der Waals surface area contributed by atoms with Crippen molar-refractivity contribution in [3.05, 3.63) is 59.1 Å². The van der Waals surface area contributed by atoms with Gasteiger partial charge >= 0.3 is 0 Å². The van der Waals surface area contributed by atoms with Gasteiger partial charge in [0.1, 0.15) is 11.3 Å². The van der Waals surface area contributed by atoms with Crippen LogP contribution in [0.1, 0.15) is 20.9 Å². The molecule has 3 N–H and O–H groups in total. The molecular weight excluding hydrogens is 306 g/mol. The van der Waals surface area contributed by atoms with Crippen LogP contribution in [0.25, 0.3) is 11.0 Å². The number of pyridine rings is 1. The van der Waals surface area contributed by atoms with E-state index >= 15 is 0 Å². The van der Waals surface area contributed by atoms with Crippen molar-refractivity contribution < 1.29 is 14.0 Å². The number of fused-ring (bicyclic) bond motifs is 1. The van der Waals surface area contributed by atoms with Crippen LogP contribution in [0, 0.1) is 0 Å². The van der Waals surface area contributed by atoms with E-state index in [1.165, 1.54) is 6.20 Å². The molecule has 7 heteroatoms. The van der Waals surface area contributed by atoms with Crippen molar-refractivity contribution in [1.29, 1.82) is 0 Å². The Kier molecular flexibility index (Phi) is 3.52. The number of nitrogens with two attached hydrogens (primary N) is 1. The van der Waals surface area contributed by atoms with Crippen molar-refractivity contribution in [2.45, 2.75) is 0 Å². The fourth-order valence-electron chi connectivity index (χ4n) is 2.05. The van der Waals surface area contributed by atoms with E-state index in [-0.39, 0.29) is 11.4 Å². The quantitative estimate of drug-likeness (QED) is 0.776. The number of hydrogen-bond donors (Lipinski definition) is 2. The minimum absolute atomic E-state index is 0.130. The van der Waals surface area contributed by atoms with Gasteiger partial charge in [0.2, 0.25) is 5.76 Å². The Labute approximate surface area is 129 Å². The minimum Gasteiger partial charge on any atom is -0.449 e. The molecule has 0 fully saturated rings. The van der Waals surface area contributed by atoms with Crippen LogP contribution in [0.5, 0.6) is 0 Å². The standard InChI is InChI=1S/C15H10ClN3O3/c16-9-3-4-11-10(6-9)12(13(22-11)14(17)20)19-15(21)8-2-1-5-18-7-8/h1-7H,(H2,17,20)(H,19,21). The maximum Gasteiger partial charge on any atom is 0.286 e. The maximum absolute atomic E-state index is 12.2. The van der Waals surface area contributed by atoms with Gasteiger partial charge in [-0.1, -0.05) is 11.6 Å². The lowest BCUT2D eigenvalue weighted by molar-refractivity contribution is 0.0977. The van der Waals surface area contributed by atoms with Gasteiger partial charge in [-0.25, -0.2) is 0 Å². The Balaban J connectivity index is 2.09. The number of aromatic nitrogens is 1. The lowest BCUT2D eigenvalue weighted by Crippen LogP contribution is -2.17. The molecule has 0 radical (unpaired) electrons. The molecule has 0 atom stereocenters. The van der Waals surface area contributed by atoms with Crippen molar-refractivity contribution in [3.8, 4) is 0 Å². The van der Waals surface area contributed by atoms with Gasteiger partial charge in [-0.2, -0.15) is 0 Å². The summed E-state index contributed by atoms with van der Waals surface area (Å²) >= 11 is 5.95. The number of halogens is 1. The molecule has 0 saturated carbocycles. The molecule has 2 aromatic heterocycles. The molecule has 0 aliphatic rings. The van der Waals surface area contributed by atoms with Crippen LogP contribution in [0.15, 0.2) is 47.1 Å². The number of carbonyl (C=O) groups excluding carboxylic acids is 2. The van der Waals surface area contributed by atoms with E-state index in [1.807, 2.05) is 0 Å². The minimum atomic E-state index is -0.784. The SMILES string of the molecule is NC(=O)c1oc2ccc(Cl)cc2c1NC(=O)c1cccnc1. The normalized spacial score (nSPS) is 10.6. The fraction of sp³-hybridized carbons (Fsp3) is 0. The van der Waals surface area contributed by atoms with Crippen molar-refractivity contribution in [1.82, 2.24) is 4.98 Å². The van der Waals surface area contributed by atoms with Gasteiger partial charge in [0.15, 0.2) is 0 Å². The largest absolute Gasteiger partial charge is 0.449 e. The van der Waals surface area contributed by atoms with Crippen LogP contribution in [0.3, 0.4) is 0 Å². The first kappa shape index (κ1) is 14.1. The third-order valence-corrected chi connectivity index (χ3v) is 3.27. The molecule has 2 heterocycles. The van der Waals surface area contributed by atoms with Gasteiger partial charge in [-0.15, -0.1) is 0 Å². The predicted molar refractivity (Wildman–Crippen MR) is 81.9 cm³/mol. The molecule has 3 aromatic rings. The number of furan rings is 1. The smallest absolute Gasteiger partial charge is 0.286 e. The van der Waals surface area contributed by atoms with Crippen molar-refractivity contribution >= 4 is 40.1 Å². The van der Waals surface area contributed by atoms with Gasteiger partial charge in [-0.05, 0) is 30.3 Å². The first-order chi connectivity index (χ1) is 10.6. The zero-order valence-electron chi connectivity index (χ0n) is 11.2. The maximum atomic E-state index is 12.2. The highest BCUT2D eigenvalue weighted by Crippen LogP contribution is 2.33. The average Bonchev–Trinajstić information content (AvgIpc) is 2.86. The number of rotatable bonds is 3. The monoisotopic (exact) mass is 315 g/mol. The second-order valence-electron chi connectivity index (χ2n) is 4.51. The van der Waals surface area contributed by atoms with Crippen LogP contribution in [0.2, 0.25) is 5.02 Å². The second-order valence-corrected chi connectivity index (χ2v) is 4.94. The number of amides is 2. The highest BCUT2D eigenvalue weighted by Gasteiger charge is 2.21. The Morgan fingerprint density at radius 1 is 1.27 bits per heavy atom. The zero-order valence-corrected chi connectivity index (χ0v) is 11.9. The predicted octanol–water partition coefficient (Wildman–Crippen LogP) is 2.83. The van der Waals surface area contributed by atoms with Gasteiger partial charge in [0, 0.05) is 22.8 Å². The van der Waals surface area contributed by atoms with Crippen molar-refractivity contribution in [2.24, 2.45) is 5.73 Å². The van der Waals surface area contributed by atoms with Crippen LogP contribution >= 0.6 is 11.6 Å². The van der Waals surface area contributed by atoms with E-state index in [0.29, 0.717) is 21.6 Å². The zero-order chi connectivity index (χ0) is 15.7. The molecule has 3 rings (SSSR count). The molecule has 1 aromatic carbocycles. The molecule has 22 heavy (non-hydrogen) atoms. The fourth-order valence-corrected chi connectivity index (χ4v) is 2.22. The van der Waals surface area contributed by atoms with Crippen molar-refractivity contribution in [3.63, 3.8) is 0 Å². The summed E-state index contributed by atoms with van der Waals surface area (Å²) in [6.07, 6.45) is 2.97. The first-order valence-electron chi connectivity index (χ1n) is 6.29. The Hall–Kier alpha value is -2.86. The van der Waals surface area contributed by atoms with Crippen LogP contribution in [-0.2, 0) is 0 Å². The van der Waals surface area contributed by atoms with Crippen LogP contribution in [-0.4, -0.2) is 16.8 Å². The first-order valence-corrected chi connectivity index (χ1v) is 6.67. The number of benzene rings is 1. The molecule has 0 spiro atoms. The van der Waals surface area contributed by atoms with E-state index in [1.54, 1.807) is 36.5 Å². The molecule has 0 bridgehead atoms. The topological polar surface area (TPSA) is 98.2 Å². The molecular formula is C15H10ClN3O3. The number of primary amides is 1. The Morgan fingerprint density at radius 3 is 2.77 bits per heavy atom. The molecule has 6 nitrogen and oxygen atoms in total. The number of carbonyl (C=O) groups is 2. The summed E-state index contributed by atoms with van der Waals surface area (Å²) in [6.45, 7) is 0. The molecule has 0 aliphatic heterocycles. The number of hydrogen-bond acceptors (Lipinski definition) is 4. The number of nitrogens with zero attached hydrogens (tertiary/aromatic N) is 1. The lowest BCUT2D eigenvalue weighted by atomic mass is 10.2. The second kappa shape index (κ2) is 5.50. The summed E-state index contributed by atoms with van der Waals surface area (Å²) in [5.74, 6) is -1.35. The number of nitrogens with one attached hydrogen (secondary N) is 1. The lowest BCUT2D eigenvalue weighted by Gasteiger charge is -2.04. The molecule has 0 saturated heterocycles. The summed E-state index contributed by atoms with van der Waals surface area (Å²) in [5.41, 5.74) is 6.24. The number of anilines is 1. The Morgan fingerprint density at radius 2 is 2.09 bits per heavy atom. The highest BCUT2D eigenvalue weighted by atomic mass is 35.5. The third kappa shape index (κ3) is 2.51. The van der Waals surface area contributed by atoms with E-state index in [9.17, 15) is 9.59 Å². The van der Waals surface area contributed by atoms with E-state index in [4.69, 9.17) is 21.8 Å². The van der Waals surface area contributed by atoms with Gasteiger partial charge in [0.25, 0.3) is 11.8 Å². The highest BCUT2D eigenvalue weighted by molar-refractivity contribution is 6.31. The summed E-state index contributed by atoms with van der Waals surface area (Å²) in [4.78, 5) is 27.6. The molecule has 2 amide bonds. The van der Waals surface area contributed by atoms with E-state index in [0.717, 1.165) is 0 Å². The van der Waals surface area contributed by atoms with Gasteiger partial charge < -0.3 is 15.5 Å². The van der Waals surface area contributed by atoms with Gasteiger partial charge in [-0.3, -0.25) is 14.6 Å². The van der Waals surface area contributed by atoms with E-state index in [2.05, 4.69) is 10.3 Å². The van der Waals surface area contributed by atoms with Crippen LogP contribution in [0.4, 0.5) is 5.69 Å². The summed E-state index contributed by atoms with van der Waals surface area (Å²) < 4.78 is 5.39. The summed E-state index contributed by atoms with van der Waals surface area (Å²) in [6, 6.07) is 8.04. The van der Waals surface area contributed by atoms with Crippen LogP contribution < -0.4 is 11.1 Å². The van der Waals surface area contributed by atoms with E-state index < -0.39 is 11.8 Å². The van der Waals surface area contributed by atoms with Crippen molar-refractivity contribution in [2.75, 3.05) is 5.32 Å².